The molecule has 1 amide bonds. The Morgan fingerprint density at radius 1 is 1.00 bits per heavy atom. The summed E-state index contributed by atoms with van der Waals surface area (Å²) in [5.41, 5.74) is 8.70. The number of carbonyl (C=O) groups is 1. The van der Waals surface area contributed by atoms with Gasteiger partial charge >= 0.3 is 0 Å². The Kier molecular flexibility index (Phi) is 4.06. The van der Waals surface area contributed by atoms with Crippen LogP contribution < -0.4 is 5.73 Å². The van der Waals surface area contributed by atoms with E-state index in [-0.39, 0.29) is 11.5 Å². The van der Waals surface area contributed by atoms with Crippen LogP contribution in [0.2, 0.25) is 0 Å². The van der Waals surface area contributed by atoms with Crippen LogP contribution in [0, 0.1) is 5.82 Å². The fourth-order valence-electron chi connectivity index (χ4n) is 2.57. The molecule has 7 heteroatoms. The van der Waals surface area contributed by atoms with Gasteiger partial charge in [-0.25, -0.2) is 9.37 Å². The number of amides is 1. The molecule has 0 fully saturated rings. The van der Waals surface area contributed by atoms with Gasteiger partial charge in [0.15, 0.2) is 0 Å². The van der Waals surface area contributed by atoms with Gasteiger partial charge < -0.3 is 5.73 Å². The van der Waals surface area contributed by atoms with E-state index >= 15 is 0 Å². The number of hydrogen-bond acceptors (Lipinski definition) is 4. The van der Waals surface area contributed by atoms with E-state index in [2.05, 4.69) is 10.1 Å². The van der Waals surface area contributed by atoms with E-state index in [1.165, 1.54) is 28.2 Å². The molecule has 0 saturated carbocycles. The summed E-state index contributed by atoms with van der Waals surface area (Å²) >= 11 is 1.36. The van der Waals surface area contributed by atoms with E-state index in [0.717, 1.165) is 11.3 Å². The first-order chi connectivity index (χ1) is 12.6. The Bertz CT molecular complexity index is 1070. The van der Waals surface area contributed by atoms with Gasteiger partial charge in [-0.1, -0.05) is 30.3 Å². The summed E-state index contributed by atoms with van der Waals surface area (Å²) in [5, 5.41) is 6.88. The van der Waals surface area contributed by atoms with Crippen molar-refractivity contribution in [2.45, 2.75) is 0 Å². The molecule has 4 rings (SSSR count). The van der Waals surface area contributed by atoms with Crippen molar-refractivity contribution in [3.8, 4) is 27.6 Å². The summed E-state index contributed by atoms with van der Waals surface area (Å²) in [6.07, 6.45) is 0. The summed E-state index contributed by atoms with van der Waals surface area (Å²) in [6, 6.07) is 17.2. The number of benzene rings is 2. The molecule has 2 aromatic carbocycles. The number of nitrogens with two attached hydrogens (primary N) is 1. The smallest absolute Gasteiger partial charge is 0.267 e. The van der Waals surface area contributed by atoms with Crippen molar-refractivity contribution in [3.05, 3.63) is 77.6 Å². The number of aromatic nitrogens is 3. The predicted octanol–water partition coefficient (Wildman–Crippen LogP) is 3.90. The topological polar surface area (TPSA) is 73.8 Å². The van der Waals surface area contributed by atoms with Crippen molar-refractivity contribution in [2.75, 3.05) is 0 Å². The Hall–Kier alpha value is -3.32. The quantitative estimate of drug-likeness (QED) is 0.597. The molecule has 0 aliphatic carbocycles. The summed E-state index contributed by atoms with van der Waals surface area (Å²) in [6.45, 7) is 0. The van der Waals surface area contributed by atoms with Crippen LogP contribution in [0.5, 0.6) is 0 Å². The molecular formula is C19H13FN4OS. The van der Waals surface area contributed by atoms with Crippen molar-refractivity contribution in [2.24, 2.45) is 5.73 Å². The maximum absolute atomic E-state index is 13.1. The predicted molar refractivity (Wildman–Crippen MR) is 98.6 cm³/mol. The Morgan fingerprint density at radius 3 is 2.38 bits per heavy atom. The fraction of sp³-hybridized carbons (Fsp3) is 0. The number of hydrogen-bond donors (Lipinski definition) is 1. The molecule has 2 aromatic heterocycles. The molecule has 5 nitrogen and oxygen atoms in total. The molecule has 0 spiro atoms. The van der Waals surface area contributed by atoms with Crippen molar-refractivity contribution < 1.29 is 9.18 Å². The van der Waals surface area contributed by atoms with Crippen LogP contribution in [0.1, 0.15) is 10.5 Å². The van der Waals surface area contributed by atoms with E-state index in [1.54, 1.807) is 18.2 Å². The van der Waals surface area contributed by atoms with E-state index in [4.69, 9.17) is 5.73 Å². The third kappa shape index (κ3) is 3.00. The number of thiazole rings is 1. The maximum atomic E-state index is 13.1. The van der Waals surface area contributed by atoms with E-state index < -0.39 is 5.91 Å². The second-order valence-corrected chi connectivity index (χ2v) is 6.42. The van der Waals surface area contributed by atoms with Crippen LogP contribution in [-0.2, 0) is 0 Å². The lowest BCUT2D eigenvalue weighted by molar-refractivity contribution is 0.0993. The van der Waals surface area contributed by atoms with Crippen molar-refractivity contribution >= 4 is 17.2 Å². The molecule has 0 aliphatic heterocycles. The first-order valence-corrected chi connectivity index (χ1v) is 8.67. The van der Waals surface area contributed by atoms with Gasteiger partial charge in [0, 0.05) is 16.5 Å². The Labute approximate surface area is 152 Å². The summed E-state index contributed by atoms with van der Waals surface area (Å²) in [5.74, 6) is -0.946. The molecule has 0 radical (unpaired) electrons. The van der Waals surface area contributed by atoms with Gasteiger partial charge in [0.25, 0.3) is 5.91 Å². The van der Waals surface area contributed by atoms with Crippen LogP contribution in [0.4, 0.5) is 4.39 Å². The van der Waals surface area contributed by atoms with Crippen LogP contribution in [0.15, 0.2) is 66.0 Å². The number of carbonyl (C=O) groups excluding carboxylic acids is 1. The molecule has 2 heterocycles. The van der Waals surface area contributed by atoms with E-state index in [9.17, 15) is 9.18 Å². The second-order valence-electron chi connectivity index (χ2n) is 5.58. The lowest BCUT2D eigenvalue weighted by Gasteiger charge is -2.00. The lowest BCUT2D eigenvalue weighted by Crippen LogP contribution is -2.16. The second kappa shape index (κ2) is 6.53. The Balaban J connectivity index is 1.78. The van der Waals surface area contributed by atoms with Crippen LogP contribution in [0.25, 0.3) is 27.6 Å². The minimum atomic E-state index is -0.609. The minimum absolute atomic E-state index is 0.221. The molecule has 0 atom stereocenters. The molecule has 128 valence electrons. The van der Waals surface area contributed by atoms with Crippen LogP contribution in [-0.4, -0.2) is 20.7 Å². The molecule has 0 aliphatic rings. The molecule has 0 bridgehead atoms. The molecule has 2 N–H and O–H groups in total. The number of nitrogens with zero attached hydrogens (tertiary/aromatic N) is 3. The van der Waals surface area contributed by atoms with Crippen LogP contribution in [0.3, 0.4) is 0 Å². The van der Waals surface area contributed by atoms with Gasteiger partial charge in [0.1, 0.15) is 11.5 Å². The van der Waals surface area contributed by atoms with Gasteiger partial charge in [-0.05, 0) is 30.3 Å². The molecule has 26 heavy (non-hydrogen) atoms. The number of halogens is 1. The lowest BCUT2D eigenvalue weighted by atomic mass is 10.1. The molecule has 4 aromatic rings. The van der Waals surface area contributed by atoms with Gasteiger partial charge in [-0.3, -0.25) is 4.79 Å². The molecule has 0 unspecified atom stereocenters. The molecular weight excluding hydrogens is 351 g/mol. The highest BCUT2D eigenvalue weighted by atomic mass is 32.1. The van der Waals surface area contributed by atoms with Crippen molar-refractivity contribution in [1.29, 1.82) is 0 Å². The van der Waals surface area contributed by atoms with Gasteiger partial charge in [-0.15, -0.1) is 11.3 Å². The monoisotopic (exact) mass is 364 g/mol. The van der Waals surface area contributed by atoms with Gasteiger partial charge in [0.2, 0.25) is 5.13 Å². The molecule has 0 saturated heterocycles. The first-order valence-electron chi connectivity index (χ1n) is 7.79. The zero-order chi connectivity index (χ0) is 18.1. The number of rotatable bonds is 4. The standard InChI is InChI=1S/C19H13FN4OS/c20-14-8-6-13(7-9-14)15-10-17(18(21)25)24(23-15)19-22-16(11-26-19)12-4-2-1-3-5-12/h1-11H,(H2,21,25). The first kappa shape index (κ1) is 16.2. The third-order valence-corrected chi connectivity index (χ3v) is 4.66. The van der Waals surface area contributed by atoms with Crippen LogP contribution >= 0.6 is 11.3 Å². The van der Waals surface area contributed by atoms with Gasteiger partial charge in [0.05, 0.1) is 11.4 Å². The highest BCUT2D eigenvalue weighted by Gasteiger charge is 2.18. The number of primary amides is 1. The average Bonchev–Trinajstić information content (AvgIpc) is 3.30. The summed E-state index contributed by atoms with van der Waals surface area (Å²) < 4.78 is 14.6. The minimum Gasteiger partial charge on any atom is -0.364 e. The summed E-state index contributed by atoms with van der Waals surface area (Å²) in [4.78, 5) is 16.4. The average molecular weight is 364 g/mol. The normalized spacial score (nSPS) is 10.8. The third-order valence-electron chi connectivity index (χ3n) is 3.84. The van der Waals surface area contributed by atoms with E-state index in [1.807, 2.05) is 35.7 Å². The SMILES string of the molecule is NC(=O)c1cc(-c2ccc(F)cc2)nn1-c1nc(-c2ccccc2)cs1. The fourth-order valence-corrected chi connectivity index (χ4v) is 3.36. The van der Waals surface area contributed by atoms with Crippen molar-refractivity contribution in [3.63, 3.8) is 0 Å². The Morgan fingerprint density at radius 2 is 1.69 bits per heavy atom. The highest BCUT2D eigenvalue weighted by molar-refractivity contribution is 7.12. The maximum Gasteiger partial charge on any atom is 0.267 e. The zero-order valence-electron chi connectivity index (χ0n) is 13.5. The summed E-state index contributed by atoms with van der Waals surface area (Å²) in [7, 11) is 0. The highest BCUT2D eigenvalue weighted by Crippen LogP contribution is 2.27. The van der Waals surface area contributed by atoms with Crippen molar-refractivity contribution in [1.82, 2.24) is 14.8 Å². The van der Waals surface area contributed by atoms with Gasteiger partial charge in [-0.2, -0.15) is 9.78 Å². The largest absolute Gasteiger partial charge is 0.364 e. The van der Waals surface area contributed by atoms with E-state index in [0.29, 0.717) is 16.4 Å². The zero-order valence-corrected chi connectivity index (χ0v) is 14.3.